The highest BCUT2D eigenvalue weighted by molar-refractivity contribution is 8.00. The van der Waals surface area contributed by atoms with Crippen molar-refractivity contribution in [3.63, 3.8) is 0 Å². The van der Waals surface area contributed by atoms with Gasteiger partial charge in [-0.3, -0.25) is 19.2 Å². The second kappa shape index (κ2) is 12.9. The number of rotatable bonds is 9. The summed E-state index contributed by atoms with van der Waals surface area (Å²) in [5.74, 6) is -3.70. The summed E-state index contributed by atoms with van der Waals surface area (Å²) in [5.41, 5.74) is -1.47. The van der Waals surface area contributed by atoms with Gasteiger partial charge in [0.25, 0.3) is 0 Å². The number of hydrogen-bond donors (Lipinski definition) is 3. The number of ether oxygens (including phenoxy) is 2. The van der Waals surface area contributed by atoms with E-state index in [-0.39, 0.29) is 5.75 Å². The summed E-state index contributed by atoms with van der Waals surface area (Å²) in [6, 6.07) is 19.3. The van der Waals surface area contributed by atoms with E-state index in [1.54, 1.807) is 86.8 Å². The lowest BCUT2D eigenvalue weighted by Crippen LogP contribution is -2.75. The Morgan fingerprint density at radius 1 is 0.978 bits per heavy atom. The molecule has 2 aliphatic heterocycles. The fraction of sp³-hybridized carbons (Fsp3) is 0.344. The molecule has 4 atom stereocenters. The number of carbonyl (C=O) groups is 5. The number of nitrogens with zero attached hydrogens (tertiary/aromatic N) is 1. The molecule has 3 heterocycles. The van der Waals surface area contributed by atoms with E-state index in [9.17, 15) is 29.1 Å². The van der Waals surface area contributed by atoms with Gasteiger partial charge in [0.2, 0.25) is 11.8 Å². The zero-order chi connectivity index (χ0) is 32.4. The summed E-state index contributed by atoms with van der Waals surface area (Å²) >= 11 is 2.33. The normalized spacial score (nSPS) is 21.6. The Balaban J connectivity index is 1.30. The van der Waals surface area contributed by atoms with E-state index in [0.717, 1.165) is 11.8 Å². The van der Waals surface area contributed by atoms with Gasteiger partial charge in [-0.2, -0.15) is 0 Å². The number of hydrogen-bond acceptors (Lipinski definition) is 9. The molecule has 0 spiro atoms. The maximum atomic E-state index is 13.7. The van der Waals surface area contributed by atoms with E-state index in [1.807, 2.05) is 12.1 Å². The number of carbonyl (C=O) groups excluding carboxylic acids is 4. The molecule has 11 nitrogen and oxygen atoms in total. The van der Waals surface area contributed by atoms with Crippen LogP contribution in [0.2, 0.25) is 0 Å². The molecular formula is C32H33N3O8S2. The van der Waals surface area contributed by atoms with E-state index in [4.69, 9.17) is 9.47 Å². The molecule has 13 heteroatoms. The third kappa shape index (κ3) is 6.84. The fourth-order valence-electron chi connectivity index (χ4n) is 5.10. The van der Waals surface area contributed by atoms with Gasteiger partial charge < -0.3 is 30.1 Å². The molecule has 3 N–H and O–H groups in total. The summed E-state index contributed by atoms with van der Waals surface area (Å²) in [6.07, 6.45) is -1.65. The number of nitrogens with one attached hydrogen (secondary N) is 2. The molecule has 2 saturated heterocycles. The van der Waals surface area contributed by atoms with Crippen molar-refractivity contribution >= 4 is 52.9 Å². The maximum absolute atomic E-state index is 13.7. The number of carboxylic acids is 1. The minimum absolute atomic E-state index is 0.178. The van der Waals surface area contributed by atoms with Gasteiger partial charge in [0.1, 0.15) is 23.1 Å². The first-order valence-electron chi connectivity index (χ1n) is 14.2. The summed E-state index contributed by atoms with van der Waals surface area (Å²) < 4.78 is 11.2. The molecule has 2 aliphatic rings. The van der Waals surface area contributed by atoms with Crippen LogP contribution >= 0.6 is 23.1 Å². The maximum Gasteiger partial charge on any atom is 0.408 e. The highest BCUT2D eigenvalue weighted by atomic mass is 32.2. The van der Waals surface area contributed by atoms with Gasteiger partial charge in [-0.05, 0) is 43.3 Å². The first-order chi connectivity index (χ1) is 21.4. The standard InChI is InChI=1S/C32H33N3O8S2/c1-31(2,3)43-30(41)34-22(21-15-10-16-44-21)25(36)33-23-26(37)35-17-32(28(38)39,18-45-27(23)35)29(40)42-24(19-11-6-4-7-12-19)20-13-8-5-9-14-20/h4-16,22-24,27H,17-18H2,1-3H3,(H,33,36)(H,34,41)(H,38,39)/t22?,23?,27-,32?/m1/s1. The van der Waals surface area contributed by atoms with Crippen molar-refractivity contribution in [1.29, 1.82) is 0 Å². The third-order valence-corrected chi connectivity index (χ3v) is 9.83. The third-order valence-electron chi connectivity index (χ3n) is 7.36. The van der Waals surface area contributed by atoms with Gasteiger partial charge in [-0.25, -0.2) is 4.79 Å². The lowest BCUT2D eigenvalue weighted by Gasteiger charge is -2.53. The minimum Gasteiger partial charge on any atom is -0.480 e. The summed E-state index contributed by atoms with van der Waals surface area (Å²) in [7, 11) is 0. The summed E-state index contributed by atoms with van der Waals surface area (Å²) in [5, 5.41) is 16.7. The predicted octanol–water partition coefficient (Wildman–Crippen LogP) is 4.12. The molecule has 5 rings (SSSR count). The van der Waals surface area contributed by atoms with Gasteiger partial charge in [-0.15, -0.1) is 23.1 Å². The quantitative estimate of drug-likeness (QED) is 0.176. The molecule has 2 aromatic carbocycles. The van der Waals surface area contributed by atoms with Crippen LogP contribution in [0.4, 0.5) is 4.79 Å². The van der Waals surface area contributed by atoms with Gasteiger partial charge >= 0.3 is 18.0 Å². The van der Waals surface area contributed by atoms with Gasteiger partial charge in [-0.1, -0.05) is 66.7 Å². The second-order valence-electron chi connectivity index (χ2n) is 11.7. The Morgan fingerprint density at radius 3 is 2.13 bits per heavy atom. The number of esters is 1. The molecule has 2 fully saturated rings. The molecule has 0 saturated carbocycles. The lowest BCUT2D eigenvalue weighted by molar-refractivity contribution is -0.175. The van der Waals surface area contributed by atoms with Gasteiger partial charge in [0.15, 0.2) is 11.5 Å². The molecular weight excluding hydrogens is 618 g/mol. The fourth-order valence-corrected chi connectivity index (χ4v) is 7.40. The Morgan fingerprint density at radius 2 is 1.60 bits per heavy atom. The van der Waals surface area contributed by atoms with E-state index >= 15 is 0 Å². The number of thiophene rings is 1. The minimum atomic E-state index is -2.02. The Bertz CT molecular complexity index is 1520. The lowest BCUT2D eigenvalue weighted by atomic mass is 9.86. The van der Waals surface area contributed by atoms with Crippen LogP contribution < -0.4 is 10.6 Å². The van der Waals surface area contributed by atoms with Crippen LogP contribution in [0.3, 0.4) is 0 Å². The van der Waals surface area contributed by atoms with Crippen molar-refractivity contribution in [3.05, 3.63) is 94.2 Å². The zero-order valence-electron chi connectivity index (χ0n) is 24.8. The number of fused-ring (bicyclic) bond motifs is 1. The molecule has 3 amide bonds. The van der Waals surface area contributed by atoms with Crippen molar-refractivity contribution < 1.29 is 38.6 Å². The van der Waals surface area contributed by atoms with Gasteiger partial charge in [0, 0.05) is 17.2 Å². The first kappa shape index (κ1) is 32.0. The molecule has 45 heavy (non-hydrogen) atoms. The van der Waals surface area contributed by atoms with Crippen molar-refractivity contribution in [1.82, 2.24) is 15.5 Å². The number of benzene rings is 2. The summed E-state index contributed by atoms with van der Waals surface area (Å²) in [4.78, 5) is 67.4. The Kier molecular flexibility index (Phi) is 9.21. The molecule has 0 bridgehead atoms. The molecule has 0 aliphatic carbocycles. The average molecular weight is 652 g/mol. The van der Waals surface area contributed by atoms with Crippen molar-refractivity contribution in [2.45, 2.75) is 49.9 Å². The first-order valence-corrected chi connectivity index (χ1v) is 16.1. The summed E-state index contributed by atoms with van der Waals surface area (Å²) in [6.45, 7) is 4.69. The Hall–Kier alpha value is -4.36. The van der Waals surface area contributed by atoms with Crippen LogP contribution in [0.5, 0.6) is 0 Å². The van der Waals surface area contributed by atoms with Crippen LogP contribution in [0, 0.1) is 5.41 Å². The number of alkyl carbamates (subject to hydrolysis) is 1. The SMILES string of the molecule is CC(C)(C)OC(=O)NC(C(=O)NC1C(=O)N2CC(C(=O)O)(C(=O)OC(c3ccccc3)c3ccccc3)CS[C@H]12)c1cccs1. The van der Waals surface area contributed by atoms with Crippen LogP contribution in [-0.4, -0.2) is 69.2 Å². The molecule has 3 aromatic rings. The number of amides is 3. The van der Waals surface area contributed by atoms with Crippen LogP contribution in [-0.2, 0) is 28.7 Å². The second-order valence-corrected chi connectivity index (χ2v) is 13.8. The van der Waals surface area contributed by atoms with E-state index in [1.165, 1.54) is 16.2 Å². The Labute approximate surface area is 268 Å². The number of aliphatic carboxylic acids is 1. The number of carboxylic acid groups (broad SMARTS) is 1. The largest absolute Gasteiger partial charge is 0.480 e. The monoisotopic (exact) mass is 651 g/mol. The van der Waals surface area contributed by atoms with E-state index < -0.39 is 71.0 Å². The predicted molar refractivity (Wildman–Crippen MR) is 167 cm³/mol. The molecule has 0 radical (unpaired) electrons. The number of thioether (sulfide) groups is 1. The smallest absolute Gasteiger partial charge is 0.408 e. The van der Waals surface area contributed by atoms with Crippen LogP contribution in [0.25, 0.3) is 0 Å². The van der Waals surface area contributed by atoms with Crippen molar-refractivity contribution in [3.8, 4) is 0 Å². The van der Waals surface area contributed by atoms with E-state index in [0.29, 0.717) is 16.0 Å². The zero-order valence-corrected chi connectivity index (χ0v) is 26.4. The van der Waals surface area contributed by atoms with Crippen LogP contribution in [0.1, 0.15) is 48.9 Å². The highest BCUT2D eigenvalue weighted by Gasteiger charge is 2.61. The van der Waals surface area contributed by atoms with Crippen molar-refractivity contribution in [2.24, 2.45) is 5.41 Å². The highest BCUT2D eigenvalue weighted by Crippen LogP contribution is 2.44. The van der Waals surface area contributed by atoms with E-state index in [2.05, 4.69) is 10.6 Å². The topological polar surface area (TPSA) is 151 Å². The molecule has 3 unspecified atom stereocenters. The average Bonchev–Trinajstić information content (AvgIpc) is 3.55. The van der Waals surface area contributed by atoms with Crippen molar-refractivity contribution in [2.75, 3.05) is 12.3 Å². The molecule has 236 valence electrons. The van der Waals surface area contributed by atoms with Crippen LogP contribution in [0.15, 0.2) is 78.2 Å². The molecule has 1 aromatic heterocycles. The van der Waals surface area contributed by atoms with Gasteiger partial charge in [0.05, 0.1) is 0 Å². The number of β-lactam (4-membered cyclic amide) rings is 1.